The largest absolute Gasteiger partial charge is 0.375 e. The van der Waals surface area contributed by atoms with Crippen molar-refractivity contribution in [1.82, 2.24) is 4.40 Å². The number of anilines is 1. The molecule has 0 radical (unpaired) electrons. The molecule has 2 rings (SSSR count). The standard InChI is InChI=1S/C18H28BrN4S/c1-11(2)20-15-16-14(19)9-8-10-22(16)18(24-7)23(13(5)6)17(15)21-12(3)4/h8-13,20H,1-7H3/q+1. The molecule has 2 aromatic rings. The number of pyridine rings is 1. The molecule has 0 saturated carbocycles. The monoisotopic (exact) mass is 411 g/mol. The van der Waals surface area contributed by atoms with Gasteiger partial charge < -0.3 is 5.32 Å². The van der Waals surface area contributed by atoms with E-state index in [1.807, 2.05) is 0 Å². The maximum atomic E-state index is 4.99. The molecule has 4 nitrogen and oxygen atoms in total. The number of halogens is 1. The molecule has 0 aliphatic heterocycles. The Morgan fingerprint density at radius 3 is 2.38 bits per heavy atom. The van der Waals surface area contributed by atoms with Gasteiger partial charge in [-0.25, -0.2) is 8.97 Å². The summed E-state index contributed by atoms with van der Waals surface area (Å²) in [6.07, 6.45) is 4.24. The minimum absolute atomic E-state index is 0.224. The van der Waals surface area contributed by atoms with Crippen LogP contribution in [0.15, 0.2) is 33.0 Å². The van der Waals surface area contributed by atoms with Gasteiger partial charge in [-0.15, -0.1) is 4.99 Å². The van der Waals surface area contributed by atoms with Gasteiger partial charge in [0.15, 0.2) is 5.69 Å². The van der Waals surface area contributed by atoms with Crippen LogP contribution in [0.3, 0.4) is 0 Å². The molecule has 0 amide bonds. The fourth-order valence-corrected chi connectivity index (χ4v) is 4.15. The maximum Gasteiger partial charge on any atom is 0.285 e. The molecule has 0 spiro atoms. The molecule has 0 saturated heterocycles. The highest BCUT2D eigenvalue weighted by Crippen LogP contribution is 2.26. The molecule has 0 bridgehead atoms. The molecule has 2 aromatic heterocycles. The fraction of sp³-hybridized carbons (Fsp3) is 0.556. The van der Waals surface area contributed by atoms with Gasteiger partial charge >= 0.3 is 0 Å². The summed E-state index contributed by atoms with van der Waals surface area (Å²) in [7, 11) is 0. The van der Waals surface area contributed by atoms with E-state index in [9.17, 15) is 0 Å². The van der Waals surface area contributed by atoms with Crippen LogP contribution in [0.2, 0.25) is 0 Å². The van der Waals surface area contributed by atoms with E-state index in [1.165, 1.54) is 5.16 Å². The molecule has 6 heteroatoms. The third-order valence-electron chi connectivity index (χ3n) is 3.56. The third kappa shape index (κ3) is 3.80. The summed E-state index contributed by atoms with van der Waals surface area (Å²) >= 11 is 5.49. The molecule has 1 N–H and O–H groups in total. The van der Waals surface area contributed by atoms with Crippen molar-refractivity contribution in [3.8, 4) is 0 Å². The number of hydrogen-bond donors (Lipinski definition) is 1. The predicted octanol–water partition coefficient (Wildman–Crippen LogP) is 4.42. The number of nitrogens with zero attached hydrogens (tertiary/aromatic N) is 3. The molecule has 0 aromatic carbocycles. The lowest BCUT2D eigenvalue weighted by molar-refractivity contribution is -0.769. The number of rotatable bonds is 5. The molecular weight excluding hydrogens is 384 g/mol. The first-order valence-corrected chi connectivity index (χ1v) is 10.4. The fourth-order valence-electron chi connectivity index (χ4n) is 2.77. The topological polar surface area (TPSA) is 32.7 Å². The van der Waals surface area contributed by atoms with E-state index in [2.05, 4.69) is 96.3 Å². The highest BCUT2D eigenvalue weighted by atomic mass is 79.9. The Morgan fingerprint density at radius 2 is 1.88 bits per heavy atom. The van der Waals surface area contributed by atoms with Crippen LogP contribution in [0.4, 0.5) is 5.69 Å². The van der Waals surface area contributed by atoms with Gasteiger partial charge in [0.25, 0.3) is 10.6 Å². The third-order valence-corrected chi connectivity index (χ3v) is 4.96. The summed E-state index contributed by atoms with van der Waals surface area (Å²) in [5.41, 5.74) is 3.23. The van der Waals surface area contributed by atoms with Crippen LogP contribution in [-0.4, -0.2) is 22.7 Å². The molecular formula is C18H28BrN4S+. The summed E-state index contributed by atoms with van der Waals surface area (Å²) in [4.78, 5) is 4.99. The van der Waals surface area contributed by atoms with Crippen LogP contribution >= 0.6 is 27.7 Å². The van der Waals surface area contributed by atoms with E-state index in [0.717, 1.165) is 21.2 Å². The van der Waals surface area contributed by atoms with Crippen molar-refractivity contribution in [2.24, 2.45) is 4.99 Å². The normalized spacial score (nSPS) is 12.9. The van der Waals surface area contributed by atoms with Gasteiger partial charge in [0.1, 0.15) is 11.6 Å². The van der Waals surface area contributed by atoms with Crippen LogP contribution in [0.1, 0.15) is 47.6 Å². The van der Waals surface area contributed by atoms with Crippen molar-refractivity contribution in [1.29, 1.82) is 0 Å². The highest BCUT2D eigenvalue weighted by molar-refractivity contribution is 9.10. The van der Waals surface area contributed by atoms with Crippen LogP contribution < -0.4 is 15.4 Å². The van der Waals surface area contributed by atoms with E-state index < -0.39 is 0 Å². The lowest BCUT2D eigenvalue weighted by Gasteiger charge is -2.19. The Labute approximate surface area is 157 Å². The summed E-state index contributed by atoms with van der Waals surface area (Å²) < 4.78 is 5.65. The van der Waals surface area contributed by atoms with Gasteiger partial charge in [-0.1, -0.05) is 11.8 Å². The van der Waals surface area contributed by atoms with E-state index in [1.54, 1.807) is 11.8 Å². The van der Waals surface area contributed by atoms with E-state index in [0.29, 0.717) is 12.1 Å². The van der Waals surface area contributed by atoms with Crippen LogP contribution in [0.5, 0.6) is 0 Å². The zero-order chi connectivity index (χ0) is 18.0. The van der Waals surface area contributed by atoms with Gasteiger partial charge in [-0.05, 0) is 75.9 Å². The van der Waals surface area contributed by atoms with Crippen molar-refractivity contribution < 1.29 is 4.57 Å². The molecule has 132 valence electrons. The van der Waals surface area contributed by atoms with Crippen molar-refractivity contribution in [3.63, 3.8) is 0 Å². The molecule has 0 atom stereocenters. The minimum Gasteiger partial charge on any atom is -0.375 e. The molecule has 24 heavy (non-hydrogen) atoms. The summed E-state index contributed by atoms with van der Waals surface area (Å²) in [6, 6.07) is 5.02. The van der Waals surface area contributed by atoms with Crippen LogP contribution in [-0.2, 0) is 0 Å². The van der Waals surface area contributed by atoms with E-state index in [4.69, 9.17) is 4.99 Å². The average molecular weight is 412 g/mol. The number of fused-ring (bicyclic) bond motifs is 1. The van der Waals surface area contributed by atoms with Crippen LogP contribution in [0, 0.1) is 0 Å². The lowest BCUT2D eigenvalue weighted by atomic mass is 10.2. The minimum atomic E-state index is 0.224. The maximum absolute atomic E-state index is 4.99. The second-order valence-corrected chi connectivity index (χ2v) is 8.37. The second kappa shape index (κ2) is 7.91. The van der Waals surface area contributed by atoms with Gasteiger partial charge in [0, 0.05) is 6.04 Å². The lowest BCUT2D eigenvalue weighted by Crippen LogP contribution is -2.56. The first-order chi connectivity index (χ1) is 11.3. The average Bonchev–Trinajstić information content (AvgIpc) is 2.47. The van der Waals surface area contributed by atoms with E-state index in [-0.39, 0.29) is 6.04 Å². The number of hydrogen-bond acceptors (Lipinski definition) is 3. The van der Waals surface area contributed by atoms with Crippen molar-refractivity contribution in [2.75, 3.05) is 11.6 Å². The Hall–Kier alpha value is -1.01. The van der Waals surface area contributed by atoms with Crippen molar-refractivity contribution in [3.05, 3.63) is 28.3 Å². The highest BCUT2D eigenvalue weighted by Gasteiger charge is 2.25. The molecule has 0 fully saturated rings. The predicted molar refractivity (Wildman–Crippen MR) is 107 cm³/mol. The zero-order valence-electron chi connectivity index (χ0n) is 15.6. The Balaban J connectivity index is 3.12. The van der Waals surface area contributed by atoms with Crippen molar-refractivity contribution >= 4 is 38.9 Å². The quantitative estimate of drug-likeness (QED) is 0.448. The molecule has 2 heterocycles. The van der Waals surface area contributed by atoms with Crippen molar-refractivity contribution in [2.45, 2.75) is 64.8 Å². The SMILES string of the molecule is CSc1n2cccc(Br)c2c(NC(C)C)c(=NC(C)C)[n+]1C(C)C. The van der Waals surface area contributed by atoms with Gasteiger partial charge in [0.2, 0.25) is 0 Å². The molecule has 0 unspecified atom stereocenters. The summed E-state index contributed by atoms with van der Waals surface area (Å²) in [6.45, 7) is 13.0. The Bertz CT molecular complexity index is 794. The van der Waals surface area contributed by atoms with Gasteiger partial charge in [-0.2, -0.15) is 0 Å². The number of nitrogens with one attached hydrogen (secondary N) is 1. The summed E-state index contributed by atoms with van der Waals surface area (Å²) in [5, 5.41) is 4.81. The zero-order valence-corrected chi connectivity index (χ0v) is 18.0. The Kier molecular flexibility index (Phi) is 6.37. The van der Waals surface area contributed by atoms with E-state index >= 15 is 0 Å². The molecule has 0 aliphatic carbocycles. The number of aromatic nitrogens is 2. The Morgan fingerprint density at radius 1 is 1.21 bits per heavy atom. The molecule has 0 aliphatic rings. The van der Waals surface area contributed by atoms with Gasteiger partial charge in [-0.3, -0.25) is 0 Å². The summed E-state index contributed by atoms with van der Waals surface area (Å²) in [5.74, 6) is 0. The first kappa shape index (κ1) is 19.3. The van der Waals surface area contributed by atoms with Crippen LogP contribution in [0.25, 0.3) is 5.52 Å². The number of thioether (sulfide) groups is 1. The smallest absolute Gasteiger partial charge is 0.285 e. The van der Waals surface area contributed by atoms with Gasteiger partial charge in [0.05, 0.1) is 16.7 Å². The second-order valence-electron chi connectivity index (χ2n) is 6.75. The first-order valence-electron chi connectivity index (χ1n) is 8.40.